The lowest BCUT2D eigenvalue weighted by molar-refractivity contribution is 0.000388. The molecule has 0 spiro atoms. The van der Waals surface area contributed by atoms with Gasteiger partial charge in [0, 0.05) is 12.0 Å². The Morgan fingerprint density at radius 2 is 2.13 bits per heavy atom. The number of fused-ring (bicyclic) bond motifs is 1. The van der Waals surface area contributed by atoms with Crippen LogP contribution in [0.1, 0.15) is 59.1 Å². The van der Waals surface area contributed by atoms with Gasteiger partial charge in [-0.1, -0.05) is 51.9 Å². The Hall–Kier alpha value is -1.14. The van der Waals surface area contributed by atoms with Crippen molar-refractivity contribution in [3.8, 4) is 0 Å². The molecular weight excluding hydrogens is 308 g/mol. The summed E-state index contributed by atoms with van der Waals surface area (Å²) in [7, 11) is 0. The monoisotopic (exact) mass is 336 g/mol. The molecule has 2 atom stereocenters. The largest absolute Gasteiger partial charge is 0.376 e. The maximum absolute atomic E-state index is 6.03. The van der Waals surface area contributed by atoms with E-state index >= 15 is 0 Å². The van der Waals surface area contributed by atoms with E-state index in [4.69, 9.17) is 4.74 Å². The van der Waals surface area contributed by atoms with Crippen LogP contribution in [0.15, 0.2) is 6.20 Å². The summed E-state index contributed by atoms with van der Waals surface area (Å²) in [4.78, 5) is 5.61. The first-order valence-corrected chi connectivity index (χ1v) is 9.47. The lowest BCUT2D eigenvalue weighted by atomic mass is 9.88. The molecule has 1 aliphatic rings. The first-order chi connectivity index (χ1) is 10.9. The summed E-state index contributed by atoms with van der Waals surface area (Å²) in [5.41, 5.74) is 1.14. The molecule has 0 aliphatic heterocycles. The van der Waals surface area contributed by atoms with Crippen LogP contribution in [0.5, 0.6) is 0 Å². The molecule has 0 bridgehead atoms. The van der Waals surface area contributed by atoms with Crippen LogP contribution in [-0.2, 0) is 10.2 Å². The molecule has 0 unspecified atom stereocenters. The number of hydrogen-bond acceptors (Lipinski definition) is 5. The molecule has 2 aromatic rings. The van der Waals surface area contributed by atoms with E-state index in [-0.39, 0.29) is 5.41 Å². The summed E-state index contributed by atoms with van der Waals surface area (Å²) in [5, 5.41) is 8.82. The van der Waals surface area contributed by atoms with Gasteiger partial charge in [0.1, 0.15) is 0 Å². The molecule has 0 radical (unpaired) electrons. The van der Waals surface area contributed by atoms with Crippen molar-refractivity contribution in [2.45, 2.75) is 64.9 Å². The summed E-state index contributed by atoms with van der Waals surface area (Å²) >= 11 is 1.59. The summed E-state index contributed by atoms with van der Waals surface area (Å²) < 4.78 is 7.90. The van der Waals surface area contributed by atoms with E-state index in [9.17, 15) is 0 Å². The van der Waals surface area contributed by atoms with Crippen molar-refractivity contribution in [3.63, 3.8) is 0 Å². The molecule has 6 heteroatoms. The second-order valence-corrected chi connectivity index (χ2v) is 8.56. The highest BCUT2D eigenvalue weighted by Crippen LogP contribution is 2.27. The van der Waals surface area contributed by atoms with Gasteiger partial charge in [-0.2, -0.15) is 0 Å². The molecule has 2 heterocycles. The summed E-state index contributed by atoms with van der Waals surface area (Å²) in [6.45, 7) is 10.3. The fraction of sp³-hybridized carbons (Fsp3) is 0.765. The molecule has 5 nitrogen and oxygen atoms in total. The predicted octanol–water partition coefficient (Wildman–Crippen LogP) is 4.10. The van der Waals surface area contributed by atoms with Crippen LogP contribution >= 0.6 is 11.3 Å². The molecular formula is C17H28N4OS. The maximum atomic E-state index is 6.03. The molecule has 0 saturated heterocycles. The zero-order valence-corrected chi connectivity index (χ0v) is 15.4. The highest BCUT2D eigenvalue weighted by Gasteiger charge is 2.22. The van der Waals surface area contributed by atoms with Gasteiger partial charge in [-0.25, -0.2) is 9.50 Å². The minimum Gasteiger partial charge on any atom is -0.376 e. The van der Waals surface area contributed by atoms with Crippen molar-refractivity contribution in [2.75, 3.05) is 18.5 Å². The van der Waals surface area contributed by atoms with Gasteiger partial charge in [-0.3, -0.25) is 0 Å². The fourth-order valence-electron chi connectivity index (χ4n) is 3.03. The normalized spacial score (nSPS) is 22.6. The molecule has 0 aromatic carbocycles. The molecule has 1 N–H and O–H groups in total. The number of anilines is 1. The van der Waals surface area contributed by atoms with Crippen molar-refractivity contribution >= 4 is 21.4 Å². The van der Waals surface area contributed by atoms with Crippen molar-refractivity contribution in [1.29, 1.82) is 0 Å². The molecule has 0 amide bonds. The Morgan fingerprint density at radius 3 is 2.83 bits per heavy atom. The quantitative estimate of drug-likeness (QED) is 0.835. The topological polar surface area (TPSA) is 51.5 Å². The smallest absolute Gasteiger partial charge is 0.214 e. The number of aromatic nitrogens is 3. The van der Waals surface area contributed by atoms with E-state index in [1.54, 1.807) is 11.3 Å². The minimum atomic E-state index is 0.0611. The molecule has 1 saturated carbocycles. The van der Waals surface area contributed by atoms with Crippen LogP contribution < -0.4 is 5.32 Å². The van der Waals surface area contributed by atoms with E-state index in [2.05, 4.69) is 43.1 Å². The van der Waals surface area contributed by atoms with Crippen molar-refractivity contribution in [1.82, 2.24) is 14.6 Å². The van der Waals surface area contributed by atoms with Gasteiger partial charge in [0.05, 0.1) is 24.6 Å². The number of nitrogens with zero attached hydrogens (tertiary/aromatic N) is 3. The van der Waals surface area contributed by atoms with Crippen LogP contribution in [0.3, 0.4) is 0 Å². The molecule has 1 aliphatic carbocycles. The summed E-state index contributed by atoms with van der Waals surface area (Å²) in [6, 6.07) is 0. The van der Waals surface area contributed by atoms with Gasteiger partial charge >= 0.3 is 0 Å². The van der Waals surface area contributed by atoms with E-state index < -0.39 is 0 Å². The van der Waals surface area contributed by atoms with Gasteiger partial charge in [-0.15, -0.1) is 5.10 Å². The Balaban J connectivity index is 1.49. The van der Waals surface area contributed by atoms with Gasteiger partial charge in [-0.05, 0) is 18.8 Å². The number of imidazole rings is 1. The number of rotatable bonds is 5. The third-order valence-electron chi connectivity index (χ3n) is 4.55. The Morgan fingerprint density at radius 1 is 1.35 bits per heavy atom. The van der Waals surface area contributed by atoms with Gasteiger partial charge in [0.15, 0.2) is 0 Å². The van der Waals surface area contributed by atoms with Gasteiger partial charge in [0.2, 0.25) is 10.1 Å². The first-order valence-electron chi connectivity index (χ1n) is 8.65. The van der Waals surface area contributed by atoms with E-state index in [1.165, 1.54) is 25.7 Å². The Bertz CT molecular complexity index is 611. The van der Waals surface area contributed by atoms with Gasteiger partial charge in [0.25, 0.3) is 0 Å². The second kappa shape index (κ2) is 6.77. The molecule has 2 aromatic heterocycles. The lowest BCUT2D eigenvalue weighted by Crippen LogP contribution is -2.27. The summed E-state index contributed by atoms with van der Waals surface area (Å²) in [5.74, 6) is 0.697. The van der Waals surface area contributed by atoms with Crippen molar-refractivity contribution < 1.29 is 4.74 Å². The standard InChI is InChI=1S/C17H28N4OS/c1-12-7-5-6-8-13(12)22-10-9-18-15-20-21-11-14(17(2,3)4)19-16(21)23-15/h11-13H,5-10H2,1-4H3,(H,18,20)/t12-,13+/m1/s1. The van der Waals surface area contributed by atoms with Crippen LogP contribution in [0.25, 0.3) is 4.96 Å². The van der Waals surface area contributed by atoms with E-state index in [0.717, 1.165) is 28.9 Å². The van der Waals surface area contributed by atoms with Crippen LogP contribution in [0.2, 0.25) is 0 Å². The average molecular weight is 337 g/mol. The number of ether oxygens (including phenoxy) is 1. The van der Waals surface area contributed by atoms with Crippen LogP contribution in [0.4, 0.5) is 5.13 Å². The van der Waals surface area contributed by atoms with Crippen molar-refractivity contribution in [2.24, 2.45) is 5.92 Å². The molecule has 23 heavy (non-hydrogen) atoms. The highest BCUT2D eigenvalue weighted by atomic mass is 32.1. The number of hydrogen-bond donors (Lipinski definition) is 1. The minimum absolute atomic E-state index is 0.0611. The third-order valence-corrected chi connectivity index (χ3v) is 5.43. The lowest BCUT2D eigenvalue weighted by Gasteiger charge is -2.28. The van der Waals surface area contributed by atoms with Crippen LogP contribution in [0, 0.1) is 5.92 Å². The van der Waals surface area contributed by atoms with E-state index in [0.29, 0.717) is 12.0 Å². The Labute approximate surface area is 142 Å². The van der Waals surface area contributed by atoms with E-state index in [1.807, 2.05) is 10.7 Å². The second-order valence-electron chi connectivity index (χ2n) is 7.61. The predicted molar refractivity (Wildman–Crippen MR) is 95.4 cm³/mol. The van der Waals surface area contributed by atoms with Crippen molar-refractivity contribution in [3.05, 3.63) is 11.9 Å². The molecule has 1 fully saturated rings. The zero-order valence-electron chi connectivity index (χ0n) is 14.6. The fourth-order valence-corrected chi connectivity index (χ4v) is 3.84. The average Bonchev–Trinajstić information content (AvgIpc) is 3.03. The SMILES string of the molecule is C[C@@H]1CCCC[C@@H]1OCCNc1nn2cc(C(C)(C)C)nc2s1. The van der Waals surface area contributed by atoms with Gasteiger partial charge < -0.3 is 10.1 Å². The molecule has 3 rings (SSSR count). The summed E-state index contributed by atoms with van der Waals surface area (Å²) in [6.07, 6.45) is 7.64. The zero-order chi connectivity index (χ0) is 16.4. The third kappa shape index (κ3) is 4.04. The molecule has 128 valence electrons. The first kappa shape index (κ1) is 16.7. The van der Waals surface area contributed by atoms with Crippen LogP contribution in [-0.4, -0.2) is 33.9 Å². The highest BCUT2D eigenvalue weighted by molar-refractivity contribution is 7.20. The Kier molecular flexibility index (Phi) is 4.92. The number of nitrogens with one attached hydrogen (secondary N) is 1. The maximum Gasteiger partial charge on any atom is 0.214 e.